The molecular formula is C9H19NO. The molecule has 0 aromatic carbocycles. The Morgan fingerprint density at radius 3 is 2.73 bits per heavy atom. The van der Waals surface area contributed by atoms with E-state index in [9.17, 15) is 0 Å². The van der Waals surface area contributed by atoms with Crippen LogP contribution in [-0.4, -0.2) is 25.8 Å². The highest BCUT2D eigenvalue weighted by atomic mass is 16.5. The quantitative estimate of drug-likeness (QED) is 0.574. The van der Waals surface area contributed by atoms with Gasteiger partial charge in [0.2, 0.25) is 0 Å². The Morgan fingerprint density at radius 2 is 2.09 bits per heavy atom. The van der Waals surface area contributed by atoms with Crippen molar-refractivity contribution in [2.75, 3.05) is 19.8 Å². The van der Waals surface area contributed by atoms with Gasteiger partial charge >= 0.3 is 0 Å². The third kappa shape index (κ3) is 2.80. The van der Waals surface area contributed by atoms with Gasteiger partial charge < -0.3 is 10.1 Å². The SMILES string of the molecule is CC(C)(C)C1COCCCN1. The van der Waals surface area contributed by atoms with Gasteiger partial charge in [-0.15, -0.1) is 0 Å². The van der Waals surface area contributed by atoms with E-state index >= 15 is 0 Å². The lowest BCUT2D eigenvalue weighted by molar-refractivity contribution is 0.0976. The fourth-order valence-electron chi connectivity index (χ4n) is 1.27. The molecule has 66 valence electrons. The molecule has 1 saturated heterocycles. The maximum atomic E-state index is 5.47. The Morgan fingerprint density at radius 1 is 1.36 bits per heavy atom. The minimum atomic E-state index is 0.324. The second-order valence-corrected chi connectivity index (χ2v) is 4.30. The van der Waals surface area contributed by atoms with Crippen LogP contribution in [0.25, 0.3) is 0 Å². The average molecular weight is 157 g/mol. The Labute approximate surface area is 69.3 Å². The van der Waals surface area contributed by atoms with Crippen LogP contribution in [0.4, 0.5) is 0 Å². The zero-order valence-corrected chi connectivity index (χ0v) is 7.81. The van der Waals surface area contributed by atoms with Gasteiger partial charge in [0.1, 0.15) is 0 Å². The van der Waals surface area contributed by atoms with Crippen molar-refractivity contribution >= 4 is 0 Å². The minimum Gasteiger partial charge on any atom is -0.380 e. The topological polar surface area (TPSA) is 21.3 Å². The predicted octanol–water partition coefficient (Wildman–Crippen LogP) is 1.41. The molecule has 1 aliphatic heterocycles. The molecule has 1 unspecified atom stereocenters. The highest BCUT2D eigenvalue weighted by molar-refractivity contribution is 4.81. The summed E-state index contributed by atoms with van der Waals surface area (Å²) >= 11 is 0. The van der Waals surface area contributed by atoms with Crippen molar-refractivity contribution in [3.05, 3.63) is 0 Å². The first-order valence-corrected chi connectivity index (χ1v) is 4.42. The molecule has 1 atom stereocenters. The molecule has 1 heterocycles. The normalized spacial score (nSPS) is 28.1. The molecule has 0 bridgehead atoms. The van der Waals surface area contributed by atoms with E-state index in [1.807, 2.05) is 0 Å². The molecule has 1 fully saturated rings. The predicted molar refractivity (Wildman–Crippen MR) is 46.7 cm³/mol. The maximum absolute atomic E-state index is 5.47. The van der Waals surface area contributed by atoms with Gasteiger partial charge in [-0.25, -0.2) is 0 Å². The summed E-state index contributed by atoms with van der Waals surface area (Å²) in [6.07, 6.45) is 1.15. The maximum Gasteiger partial charge on any atom is 0.0624 e. The zero-order chi connectivity index (χ0) is 8.32. The summed E-state index contributed by atoms with van der Waals surface area (Å²) in [5.74, 6) is 0. The number of hydrogen-bond donors (Lipinski definition) is 1. The molecule has 1 N–H and O–H groups in total. The molecule has 0 saturated carbocycles. The largest absolute Gasteiger partial charge is 0.380 e. The summed E-state index contributed by atoms with van der Waals surface area (Å²) in [7, 11) is 0. The summed E-state index contributed by atoms with van der Waals surface area (Å²) in [5.41, 5.74) is 0.324. The van der Waals surface area contributed by atoms with Gasteiger partial charge in [0, 0.05) is 12.6 Å². The van der Waals surface area contributed by atoms with Crippen molar-refractivity contribution in [3.8, 4) is 0 Å². The van der Waals surface area contributed by atoms with Gasteiger partial charge in [-0.1, -0.05) is 20.8 Å². The van der Waals surface area contributed by atoms with E-state index in [1.54, 1.807) is 0 Å². The summed E-state index contributed by atoms with van der Waals surface area (Å²) in [6, 6.07) is 0.519. The molecular weight excluding hydrogens is 138 g/mol. The summed E-state index contributed by atoms with van der Waals surface area (Å²) < 4.78 is 5.47. The third-order valence-electron chi connectivity index (χ3n) is 2.19. The molecule has 0 aliphatic carbocycles. The molecule has 0 spiro atoms. The van der Waals surface area contributed by atoms with Gasteiger partial charge in [0.25, 0.3) is 0 Å². The summed E-state index contributed by atoms with van der Waals surface area (Å²) in [5, 5.41) is 3.50. The van der Waals surface area contributed by atoms with Crippen LogP contribution in [-0.2, 0) is 4.74 Å². The summed E-state index contributed by atoms with van der Waals surface area (Å²) in [4.78, 5) is 0. The molecule has 2 heteroatoms. The number of rotatable bonds is 0. The van der Waals surface area contributed by atoms with Crippen LogP contribution in [0.2, 0.25) is 0 Å². The molecule has 1 rings (SSSR count). The van der Waals surface area contributed by atoms with E-state index in [0.717, 1.165) is 26.2 Å². The lowest BCUT2D eigenvalue weighted by Gasteiger charge is -2.29. The molecule has 11 heavy (non-hydrogen) atoms. The van der Waals surface area contributed by atoms with Crippen LogP contribution < -0.4 is 5.32 Å². The first-order valence-electron chi connectivity index (χ1n) is 4.42. The van der Waals surface area contributed by atoms with Gasteiger partial charge in [-0.05, 0) is 18.4 Å². The van der Waals surface area contributed by atoms with Crippen molar-refractivity contribution in [2.24, 2.45) is 5.41 Å². The van der Waals surface area contributed by atoms with Crippen molar-refractivity contribution in [1.29, 1.82) is 0 Å². The second kappa shape index (κ2) is 3.55. The Hall–Kier alpha value is -0.0800. The first kappa shape index (κ1) is 9.01. The zero-order valence-electron chi connectivity index (χ0n) is 7.81. The Kier molecular flexibility index (Phi) is 2.90. The molecule has 0 aromatic heterocycles. The van der Waals surface area contributed by atoms with E-state index in [1.165, 1.54) is 0 Å². The van der Waals surface area contributed by atoms with Gasteiger partial charge in [-0.3, -0.25) is 0 Å². The van der Waals surface area contributed by atoms with Crippen LogP contribution in [0.15, 0.2) is 0 Å². The van der Waals surface area contributed by atoms with E-state index in [0.29, 0.717) is 11.5 Å². The highest BCUT2D eigenvalue weighted by Crippen LogP contribution is 2.20. The first-order chi connectivity index (χ1) is 5.11. The molecule has 2 nitrogen and oxygen atoms in total. The van der Waals surface area contributed by atoms with Gasteiger partial charge in [-0.2, -0.15) is 0 Å². The van der Waals surface area contributed by atoms with Crippen molar-refractivity contribution in [3.63, 3.8) is 0 Å². The number of ether oxygens (including phenoxy) is 1. The fraction of sp³-hybridized carbons (Fsp3) is 1.00. The number of hydrogen-bond acceptors (Lipinski definition) is 2. The van der Waals surface area contributed by atoms with E-state index in [4.69, 9.17) is 4.74 Å². The highest BCUT2D eigenvalue weighted by Gasteiger charge is 2.25. The fourth-order valence-corrected chi connectivity index (χ4v) is 1.27. The average Bonchev–Trinajstić information content (AvgIpc) is 2.10. The van der Waals surface area contributed by atoms with Gasteiger partial charge in [0.15, 0.2) is 0 Å². The summed E-state index contributed by atoms with van der Waals surface area (Å²) in [6.45, 7) is 9.63. The van der Waals surface area contributed by atoms with Gasteiger partial charge in [0.05, 0.1) is 6.61 Å². The van der Waals surface area contributed by atoms with Crippen molar-refractivity contribution < 1.29 is 4.74 Å². The smallest absolute Gasteiger partial charge is 0.0624 e. The van der Waals surface area contributed by atoms with Crippen molar-refractivity contribution in [2.45, 2.75) is 33.2 Å². The monoisotopic (exact) mass is 157 g/mol. The van der Waals surface area contributed by atoms with Crippen LogP contribution in [0.1, 0.15) is 27.2 Å². The van der Waals surface area contributed by atoms with Crippen LogP contribution in [0, 0.1) is 5.41 Å². The third-order valence-corrected chi connectivity index (χ3v) is 2.19. The lowest BCUT2D eigenvalue weighted by Crippen LogP contribution is -2.42. The Bertz CT molecular complexity index is 109. The molecule has 1 aliphatic rings. The second-order valence-electron chi connectivity index (χ2n) is 4.30. The molecule has 0 amide bonds. The van der Waals surface area contributed by atoms with E-state index in [-0.39, 0.29) is 0 Å². The van der Waals surface area contributed by atoms with Crippen LogP contribution >= 0.6 is 0 Å². The lowest BCUT2D eigenvalue weighted by atomic mass is 9.87. The molecule has 0 radical (unpaired) electrons. The van der Waals surface area contributed by atoms with Crippen molar-refractivity contribution in [1.82, 2.24) is 5.32 Å². The Balaban J connectivity index is 2.43. The van der Waals surface area contributed by atoms with E-state index < -0.39 is 0 Å². The van der Waals surface area contributed by atoms with E-state index in [2.05, 4.69) is 26.1 Å². The standard InChI is InChI=1S/C9H19NO/c1-9(2,3)8-7-11-6-4-5-10-8/h8,10H,4-7H2,1-3H3. The van der Waals surface area contributed by atoms with Crippen LogP contribution in [0.5, 0.6) is 0 Å². The minimum absolute atomic E-state index is 0.324. The molecule has 0 aromatic rings. The number of nitrogens with one attached hydrogen (secondary N) is 1. The van der Waals surface area contributed by atoms with Crippen LogP contribution in [0.3, 0.4) is 0 Å².